The first-order chi connectivity index (χ1) is 8.78. The molecule has 0 aliphatic carbocycles. The van der Waals surface area contributed by atoms with E-state index >= 15 is 0 Å². The average Bonchev–Trinajstić information content (AvgIpc) is 2.78. The summed E-state index contributed by atoms with van der Waals surface area (Å²) in [6, 6.07) is 8.91. The maximum Gasteiger partial charge on any atom is 0.315 e. The Morgan fingerprint density at radius 2 is 2.17 bits per heavy atom. The molecule has 1 aromatic heterocycles. The quantitative estimate of drug-likeness (QED) is 0.808. The van der Waals surface area contributed by atoms with Crippen molar-refractivity contribution >= 4 is 6.01 Å². The van der Waals surface area contributed by atoms with E-state index in [-0.39, 0.29) is 0 Å². The van der Waals surface area contributed by atoms with E-state index in [1.165, 1.54) is 11.1 Å². The van der Waals surface area contributed by atoms with Crippen LogP contribution in [0, 0.1) is 6.92 Å². The fraction of sp³-hybridized carbons (Fsp3) is 0.385. The number of aryl methyl sites for hydroxylation is 1. The monoisotopic (exact) mass is 246 g/mol. The summed E-state index contributed by atoms with van der Waals surface area (Å²) in [4.78, 5) is 0. The van der Waals surface area contributed by atoms with Gasteiger partial charge in [0.2, 0.25) is 5.89 Å². The molecule has 0 aliphatic heterocycles. The van der Waals surface area contributed by atoms with Gasteiger partial charge in [-0.3, -0.25) is 0 Å². The largest absolute Gasteiger partial charge is 0.408 e. The van der Waals surface area contributed by atoms with Gasteiger partial charge >= 0.3 is 6.01 Å². The molecule has 0 saturated carbocycles. The van der Waals surface area contributed by atoms with Crippen LogP contribution in [0.25, 0.3) is 0 Å². The molecule has 1 heterocycles. The molecule has 3 N–H and O–H groups in total. The lowest BCUT2D eigenvalue weighted by Crippen LogP contribution is -2.05. The molecule has 0 bridgehead atoms. The zero-order chi connectivity index (χ0) is 12.8. The van der Waals surface area contributed by atoms with Crippen molar-refractivity contribution in [3.05, 3.63) is 41.3 Å². The highest BCUT2D eigenvalue weighted by Crippen LogP contribution is 2.07. The molecule has 96 valence electrons. The number of anilines is 1. The Labute approximate surface area is 106 Å². The minimum atomic E-state index is 0.464. The lowest BCUT2D eigenvalue weighted by Gasteiger charge is -2.02. The van der Waals surface area contributed by atoms with Gasteiger partial charge in [0.15, 0.2) is 0 Å². The third-order valence-corrected chi connectivity index (χ3v) is 2.60. The molecule has 5 heteroatoms. The molecule has 2 rings (SSSR count). The van der Waals surface area contributed by atoms with Crippen LogP contribution in [0.5, 0.6) is 0 Å². The van der Waals surface area contributed by atoms with Gasteiger partial charge in [-0.05, 0) is 18.9 Å². The number of hydrogen-bond acceptors (Lipinski definition) is 5. The molecule has 0 radical (unpaired) electrons. The second kappa shape index (κ2) is 6.16. The van der Waals surface area contributed by atoms with E-state index in [4.69, 9.17) is 10.2 Å². The van der Waals surface area contributed by atoms with Crippen LogP contribution in [0.4, 0.5) is 6.01 Å². The van der Waals surface area contributed by atoms with Crippen LogP contribution in [-0.2, 0) is 12.8 Å². The third kappa shape index (κ3) is 3.56. The molecular formula is C13H18N4O. The van der Waals surface area contributed by atoms with Crippen LogP contribution in [-0.4, -0.2) is 23.3 Å². The molecule has 0 saturated heterocycles. The summed E-state index contributed by atoms with van der Waals surface area (Å²) in [6.45, 7) is 3.38. The maximum absolute atomic E-state index is 5.41. The zero-order valence-electron chi connectivity index (χ0n) is 10.5. The molecule has 0 unspecified atom stereocenters. The first-order valence-electron chi connectivity index (χ1n) is 6.10. The Bertz CT molecular complexity index is 495. The van der Waals surface area contributed by atoms with Gasteiger partial charge in [-0.1, -0.05) is 34.9 Å². The van der Waals surface area contributed by atoms with Crippen molar-refractivity contribution < 1.29 is 4.42 Å². The lowest BCUT2D eigenvalue weighted by atomic mass is 10.1. The Morgan fingerprint density at radius 3 is 2.94 bits per heavy atom. The van der Waals surface area contributed by atoms with Gasteiger partial charge in [0, 0.05) is 19.5 Å². The Balaban J connectivity index is 1.81. The fourth-order valence-corrected chi connectivity index (χ4v) is 1.73. The van der Waals surface area contributed by atoms with E-state index in [1.54, 1.807) is 0 Å². The van der Waals surface area contributed by atoms with E-state index in [2.05, 4.69) is 46.7 Å². The van der Waals surface area contributed by atoms with Gasteiger partial charge in [0.05, 0.1) is 0 Å². The first kappa shape index (κ1) is 12.6. The lowest BCUT2D eigenvalue weighted by molar-refractivity contribution is 0.506. The van der Waals surface area contributed by atoms with E-state index < -0.39 is 0 Å². The van der Waals surface area contributed by atoms with E-state index in [1.807, 2.05) is 0 Å². The van der Waals surface area contributed by atoms with Crippen LogP contribution in [0.1, 0.15) is 17.0 Å². The molecule has 18 heavy (non-hydrogen) atoms. The molecule has 0 fully saturated rings. The maximum atomic E-state index is 5.41. The smallest absolute Gasteiger partial charge is 0.315 e. The van der Waals surface area contributed by atoms with Gasteiger partial charge in [0.1, 0.15) is 0 Å². The third-order valence-electron chi connectivity index (χ3n) is 2.60. The molecule has 1 aromatic carbocycles. The number of benzene rings is 1. The molecule has 0 atom stereocenters. The highest BCUT2D eigenvalue weighted by atomic mass is 16.4. The number of nitrogens with one attached hydrogen (secondary N) is 1. The van der Waals surface area contributed by atoms with Crippen molar-refractivity contribution in [3.8, 4) is 0 Å². The number of nitrogens with two attached hydrogens (primary N) is 1. The summed E-state index contributed by atoms with van der Waals surface area (Å²) in [5.41, 5.74) is 7.98. The summed E-state index contributed by atoms with van der Waals surface area (Å²) in [7, 11) is 0. The number of rotatable bonds is 6. The fourth-order valence-electron chi connectivity index (χ4n) is 1.73. The van der Waals surface area contributed by atoms with Gasteiger partial charge in [-0.2, -0.15) is 0 Å². The van der Waals surface area contributed by atoms with Gasteiger partial charge < -0.3 is 15.5 Å². The van der Waals surface area contributed by atoms with Crippen molar-refractivity contribution in [1.29, 1.82) is 0 Å². The van der Waals surface area contributed by atoms with E-state index in [0.29, 0.717) is 24.9 Å². The van der Waals surface area contributed by atoms with Crippen molar-refractivity contribution in [2.45, 2.75) is 19.8 Å². The molecule has 0 amide bonds. The van der Waals surface area contributed by atoms with Gasteiger partial charge in [0.25, 0.3) is 0 Å². The number of hydrogen-bond donors (Lipinski definition) is 2. The second-order valence-corrected chi connectivity index (χ2v) is 4.21. The van der Waals surface area contributed by atoms with Crippen molar-refractivity contribution in [2.75, 3.05) is 18.4 Å². The van der Waals surface area contributed by atoms with Gasteiger partial charge in [-0.25, -0.2) is 0 Å². The average molecular weight is 246 g/mol. The van der Waals surface area contributed by atoms with Crippen molar-refractivity contribution in [1.82, 2.24) is 10.2 Å². The summed E-state index contributed by atoms with van der Waals surface area (Å²) in [5.74, 6) is 0.579. The standard InChI is InChI=1S/C13H18N4O/c1-10-3-2-4-11(9-10)6-8-15-13-17-16-12(18-13)5-7-14/h2-4,9H,5-8,14H2,1H3,(H,15,17). The minimum absolute atomic E-state index is 0.464. The highest BCUT2D eigenvalue weighted by molar-refractivity contribution is 5.24. The molecule has 0 spiro atoms. The topological polar surface area (TPSA) is 77.0 Å². The summed E-state index contributed by atoms with van der Waals surface area (Å²) < 4.78 is 5.37. The summed E-state index contributed by atoms with van der Waals surface area (Å²) in [5, 5.41) is 10.9. The molecular weight excluding hydrogens is 228 g/mol. The van der Waals surface area contributed by atoms with Crippen LogP contribution in [0.2, 0.25) is 0 Å². The first-order valence-corrected chi connectivity index (χ1v) is 6.10. The van der Waals surface area contributed by atoms with Crippen LogP contribution in [0.3, 0.4) is 0 Å². The predicted molar refractivity (Wildman–Crippen MR) is 70.4 cm³/mol. The zero-order valence-corrected chi connectivity index (χ0v) is 10.5. The van der Waals surface area contributed by atoms with Crippen molar-refractivity contribution in [3.63, 3.8) is 0 Å². The van der Waals surface area contributed by atoms with Crippen LogP contribution >= 0.6 is 0 Å². The van der Waals surface area contributed by atoms with Crippen LogP contribution in [0.15, 0.2) is 28.7 Å². The Morgan fingerprint density at radius 1 is 1.28 bits per heavy atom. The van der Waals surface area contributed by atoms with E-state index in [0.717, 1.165) is 13.0 Å². The second-order valence-electron chi connectivity index (χ2n) is 4.21. The van der Waals surface area contributed by atoms with Gasteiger partial charge in [-0.15, -0.1) is 5.10 Å². The molecule has 0 aliphatic rings. The minimum Gasteiger partial charge on any atom is -0.408 e. The Kier molecular flexibility index (Phi) is 4.30. The number of aromatic nitrogens is 2. The molecule has 5 nitrogen and oxygen atoms in total. The van der Waals surface area contributed by atoms with Crippen LogP contribution < -0.4 is 11.1 Å². The molecule has 2 aromatic rings. The summed E-state index contributed by atoms with van der Waals surface area (Å²) >= 11 is 0. The highest BCUT2D eigenvalue weighted by Gasteiger charge is 2.04. The van der Waals surface area contributed by atoms with Crippen molar-refractivity contribution in [2.24, 2.45) is 5.73 Å². The summed E-state index contributed by atoms with van der Waals surface area (Å²) in [6.07, 6.45) is 1.54. The normalized spacial score (nSPS) is 10.6. The Hall–Kier alpha value is -1.88. The number of nitrogens with zero attached hydrogens (tertiary/aromatic N) is 2. The van der Waals surface area contributed by atoms with E-state index in [9.17, 15) is 0 Å². The SMILES string of the molecule is Cc1cccc(CCNc2nnc(CCN)o2)c1. The predicted octanol–water partition coefficient (Wildman–Crippen LogP) is 1.53.